The van der Waals surface area contributed by atoms with Gasteiger partial charge in [-0.05, 0) is 99.9 Å². The molecule has 0 aromatic heterocycles. The molecule has 1 N–H and O–H groups in total. The van der Waals surface area contributed by atoms with Crippen molar-refractivity contribution in [1.82, 2.24) is 9.80 Å². The SMILES string of the molecule is CN(C)CCN(C)Cc1ccc([C@H]2C[C@@]3(C)C(CC[C@@]3(O)C(F)(F)C(F)(F)F)C3CCC4=CC(=O)CCC4=C32)cc1. The second-order valence-electron chi connectivity index (χ2n) is 13.2. The highest BCUT2D eigenvalue weighted by molar-refractivity contribution is 5.93. The average molecular weight is 581 g/mol. The van der Waals surface area contributed by atoms with Gasteiger partial charge in [-0.2, -0.15) is 22.0 Å². The molecule has 4 nitrogen and oxygen atoms in total. The summed E-state index contributed by atoms with van der Waals surface area (Å²) in [6, 6.07) is 7.95. The van der Waals surface area contributed by atoms with Gasteiger partial charge >= 0.3 is 12.1 Å². The molecule has 1 aromatic rings. The molecule has 0 aliphatic heterocycles. The fraction of sp³-hybridized carbons (Fsp3) is 0.656. The molecular formula is C32H41F5N2O2. The van der Waals surface area contributed by atoms with Gasteiger partial charge in [0.1, 0.15) is 5.60 Å². The maximum absolute atomic E-state index is 15.1. The predicted octanol–water partition coefficient (Wildman–Crippen LogP) is 6.51. The van der Waals surface area contributed by atoms with E-state index >= 15 is 8.78 Å². The lowest BCUT2D eigenvalue weighted by molar-refractivity contribution is -0.362. The van der Waals surface area contributed by atoms with E-state index in [2.05, 4.69) is 9.80 Å². The van der Waals surface area contributed by atoms with Crippen molar-refractivity contribution in [3.63, 3.8) is 0 Å². The third-order valence-corrected chi connectivity index (χ3v) is 10.5. The molecule has 0 bridgehead atoms. The van der Waals surface area contributed by atoms with Crippen LogP contribution in [0.2, 0.25) is 0 Å². The highest BCUT2D eigenvalue weighted by Gasteiger charge is 2.79. The molecule has 2 unspecified atom stereocenters. The van der Waals surface area contributed by atoms with E-state index in [1.807, 2.05) is 45.4 Å². The van der Waals surface area contributed by atoms with Gasteiger partial charge < -0.3 is 14.9 Å². The number of carbonyl (C=O) groups excluding carboxylic acids is 1. The van der Waals surface area contributed by atoms with Crippen molar-refractivity contribution in [2.75, 3.05) is 34.2 Å². The summed E-state index contributed by atoms with van der Waals surface area (Å²) >= 11 is 0. The minimum Gasteiger partial charge on any atom is -0.383 e. The molecule has 5 rings (SSSR count). The quantitative estimate of drug-likeness (QED) is 0.374. The summed E-state index contributed by atoms with van der Waals surface area (Å²) in [5.74, 6) is -6.28. The largest absolute Gasteiger partial charge is 0.456 e. The minimum atomic E-state index is -5.85. The molecule has 41 heavy (non-hydrogen) atoms. The van der Waals surface area contributed by atoms with Crippen LogP contribution in [-0.4, -0.2) is 72.6 Å². The molecular weight excluding hydrogens is 539 g/mol. The number of carbonyl (C=O) groups is 1. The van der Waals surface area contributed by atoms with Crippen LogP contribution in [0.25, 0.3) is 0 Å². The second kappa shape index (κ2) is 10.6. The standard InChI is InChI=1S/C32H41F5N2O2/c1-29-18-26(21-7-5-20(6-8-21)19-39(4)16-15-38(2)3)28-24-12-10-23(40)17-22(24)9-11-25(28)27(29)13-14-30(29,41)31(33,34)32(35,36)37/h5-8,17,25-27,41H,9-16,18-19H2,1-4H3/t25?,26-,27?,29+,30+/m1/s1. The van der Waals surface area contributed by atoms with Crippen molar-refractivity contribution in [3.8, 4) is 0 Å². The van der Waals surface area contributed by atoms with Crippen LogP contribution in [0.5, 0.6) is 0 Å². The summed E-state index contributed by atoms with van der Waals surface area (Å²) in [4.78, 5) is 16.5. The number of benzene rings is 1. The van der Waals surface area contributed by atoms with Gasteiger partial charge in [0.05, 0.1) is 0 Å². The summed E-state index contributed by atoms with van der Waals surface area (Å²) in [6.45, 7) is 3.98. The molecule has 2 saturated carbocycles. The van der Waals surface area contributed by atoms with Crippen LogP contribution in [0.4, 0.5) is 22.0 Å². The summed E-state index contributed by atoms with van der Waals surface area (Å²) < 4.78 is 71.6. The Hall–Kier alpha value is -2.10. The van der Waals surface area contributed by atoms with Crippen LogP contribution in [0.1, 0.15) is 68.9 Å². The van der Waals surface area contributed by atoms with Crippen LogP contribution >= 0.6 is 0 Å². The van der Waals surface area contributed by atoms with Gasteiger partial charge in [0.25, 0.3) is 0 Å². The van der Waals surface area contributed by atoms with Crippen LogP contribution in [-0.2, 0) is 11.3 Å². The van der Waals surface area contributed by atoms with Gasteiger partial charge in [-0.3, -0.25) is 4.79 Å². The smallest absolute Gasteiger partial charge is 0.383 e. The zero-order chi connectivity index (χ0) is 30.0. The predicted molar refractivity (Wildman–Crippen MR) is 148 cm³/mol. The number of hydrogen-bond donors (Lipinski definition) is 1. The van der Waals surface area contributed by atoms with Gasteiger partial charge in [0.15, 0.2) is 5.78 Å². The molecule has 4 aliphatic rings. The number of allylic oxidation sites excluding steroid dienone is 4. The second-order valence-corrected chi connectivity index (χ2v) is 13.2. The first-order valence-electron chi connectivity index (χ1n) is 14.6. The first-order valence-corrected chi connectivity index (χ1v) is 14.6. The number of rotatable bonds is 7. The van der Waals surface area contributed by atoms with E-state index in [1.54, 1.807) is 6.08 Å². The minimum absolute atomic E-state index is 0.00151. The van der Waals surface area contributed by atoms with Crippen molar-refractivity contribution < 1.29 is 31.9 Å². The van der Waals surface area contributed by atoms with Crippen molar-refractivity contribution >= 4 is 5.78 Å². The van der Waals surface area contributed by atoms with E-state index in [9.17, 15) is 23.1 Å². The number of aliphatic hydroxyl groups is 1. The number of halogens is 5. The summed E-state index contributed by atoms with van der Waals surface area (Å²) in [5.41, 5.74) is 0.269. The van der Waals surface area contributed by atoms with Crippen LogP contribution in [0, 0.1) is 17.3 Å². The summed E-state index contributed by atoms with van der Waals surface area (Å²) in [6.07, 6.45) is -2.51. The lowest BCUT2D eigenvalue weighted by atomic mass is 9.50. The van der Waals surface area contributed by atoms with Crippen LogP contribution in [0.3, 0.4) is 0 Å². The molecule has 0 radical (unpaired) electrons. The summed E-state index contributed by atoms with van der Waals surface area (Å²) in [7, 11) is 6.08. The monoisotopic (exact) mass is 580 g/mol. The molecule has 2 fully saturated rings. The highest BCUT2D eigenvalue weighted by Crippen LogP contribution is 2.70. The number of likely N-dealkylation sites (N-methyl/N-ethyl adjacent to an activating group) is 2. The Morgan fingerprint density at radius 3 is 2.29 bits per heavy atom. The highest BCUT2D eigenvalue weighted by atomic mass is 19.4. The fourth-order valence-electron chi connectivity index (χ4n) is 8.33. The third-order valence-electron chi connectivity index (χ3n) is 10.5. The average Bonchev–Trinajstić information content (AvgIpc) is 3.18. The van der Waals surface area contributed by atoms with Gasteiger partial charge in [-0.15, -0.1) is 0 Å². The number of nitrogens with zero attached hydrogens (tertiary/aromatic N) is 2. The topological polar surface area (TPSA) is 43.8 Å². The van der Waals surface area contributed by atoms with Crippen LogP contribution < -0.4 is 0 Å². The molecule has 4 aliphatic carbocycles. The first kappa shape index (κ1) is 30.4. The van der Waals surface area contributed by atoms with Gasteiger partial charge in [0, 0.05) is 37.4 Å². The lowest BCUT2D eigenvalue weighted by Gasteiger charge is -2.56. The van der Waals surface area contributed by atoms with E-state index in [1.165, 1.54) is 6.92 Å². The Bertz CT molecular complexity index is 1240. The van der Waals surface area contributed by atoms with Crippen molar-refractivity contribution in [2.24, 2.45) is 17.3 Å². The van der Waals surface area contributed by atoms with Crippen molar-refractivity contribution in [2.45, 2.75) is 82.0 Å². The number of alkyl halides is 5. The van der Waals surface area contributed by atoms with Crippen molar-refractivity contribution in [1.29, 1.82) is 0 Å². The number of fused-ring (bicyclic) bond motifs is 4. The molecule has 5 atom stereocenters. The molecule has 0 saturated heterocycles. The zero-order valence-corrected chi connectivity index (χ0v) is 24.3. The van der Waals surface area contributed by atoms with E-state index < -0.39 is 41.4 Å². The van der Waals surface area contributed by atoms with Gasteiger partial charge in [-0.25, -0.2) is 0 Å². The Balaban J connectivity index is 1.55. The normalized spacial score (nSPS) is 32.2. The van der Waals surface area contributed by atoms with E-state index in [0.717, 1.165) is 47.5 Å². The van der Waals surface area contributed by atoms with Gasteiger partial charge in [0.2, 0.25) is 0 Å². The molecule has 9 heteroatoms. The maximum Gasteiger partial charge on any atom is 0.456 e. The van der Waals surface area contributed by atoms with Crippen molar-refractivity contribution in [3.05, 3.63) is 58.2 Å². The Kier molecular flexibility index (Phi) is 7.82. The van der Waals surface area contributed by atoms with E-state index in [4.69, 9.17) is 0 Å². The van der Waals surface area contributed by atoms with E-state index in [-0.39, 0.29) is 24.5 Å². The van der Waals surface area contributed by atoms with Gasteiger partial charge in [-0.1, -0.05) is 36.8 Å². The Labute approximate surface area is 239 Å². The van der Waals surface area contributed by atoms with Crippen LogP contribution in [0.15, 0.2) is 47.1 Å². The first-order chi connectivity index (χ1) is 19.1. The molecule has 0 heterocycles. The number of ketones is 1. The molecule has 0 amide bonds. The molecule has 1 aromatic carbocycles. The fourth-order valence-corrected chi connectivity index (χ4v) is 8.33. The molecule has 0 spiro atoms. The Morgan fingerprint density at radius 2 is 1.66 bits per heavy atom. The maximum atomic E-state index is 15.1. The third kappa shape index (κ3) is 4.99. The Morgan fingerprint density at radius 1 is 0.976 bits per heavy atom. The zero-order valence-electron chi connectivity index (χ0n) is 24.3. The molecule has 226 valence electrons. The van der Waals surface area contributed by atoms with E-state index in [0.29, 0.717) is 25.7 Å². The summed E-state index contributed by atoms with van der Waals surface area (Å²) in [5, 5.41) is 11.4. The lowest BCUT2D eigenvalue weighted by Crippen LogP contribution is -2.65. The number of hydrogen-bond acceptors (Lipinski definition) is 4.